The van der Waals surface area contributed by atoms with Gasteiger partial charge in [0.05, 0.1) is 24.4 Å². The summed E-state index contributed by atoms with van der Waals surface area (Å²) in [5.41, 5.74) is 1.13. The monoisotopic (exact) mass is 298 g/mol. The van der Waals surface area contributed by atoms with Gasteiger partial charge in [-0.05, 0) is 12.1 Å². The molecule has 7 heteroatoms. The highest BCUT2D eigenvalue weighted by Gasteiger charge is 2.45. The van der Waals surface area contributed by atoms with E-state index in [2.05, 4.69) is 10.3 Å². The van der Waals surface area contributed by atoms with Crippen LogP contribution < -0.4 is 0 Å². The lowest BCUT2D eigenvalue weighted by molar-refractivity contribution is -0.141. The van der Waals surface area contributed by atoms with Crippen molar-refractivity contribution >= 4 is 11.9 Å². The molecule has 0 radical (unpaired) electrons. The molecule has 4 rings (SSSR count). The number of aromatic nitrogens is 3. The van der Waals surface area contributed by atoms with Gasteiger partial charge in [0.25, 0.3) is 5.91 Å². The maximum absolute atomic E-state index is 12.5. The van der Waals surface area contributed by atoms with Gasteiger partial charge >= 0.3 is 5.97 Å². The van der Waals surface area contributed by atoms with Crippen molar-refractivity contribution in [1.29, 1.82) is 0 Å². The number of ether oxygens (including phenoxy) is 1. The molecule has 0 aliphatic carbocycles. The summed E-state index contributed by atoms with van der Waals surface area (Å²) in [6.07, 6.45) is 1.62. The first kappa shape index (κ1) is 13.0. The fourth-order valence-corrected chi connectivity index (χ4v) is 3.00. The van der Waals surface area contributed by atoms with E-state index in [-0.39, 0.29) is 29.4 Å². The lowest BCUT2D eigenvalue weighted by Gasteiger charge is -2.15. The van der Waals surface area contributed by atoms with Crippen molar-refractivity contribution in [3.8, 4) is 5.69 Å². The molecule has 2 aromatic rings. The molecule has 112 valence electrons. The first-order valence-electron chi connectivity index (χ1n) is 7.16. The van der Waals surface area contributed by atoms with Gasteiger partial charge in [0.2, 0.25) is 0 Å². The number of esters is 1. The first-order valence-corrected chi connectivity index (χ1v) is 7.16. The summed E-state index contributed by atoms with van der Waals surface area (Å²) >= 11 is 0. The number of cyclic esters (lactones) is 1. The standard InChI is InChI=1S/C15H14N4O3/c20-14(18-6-10-9-22-15(21)12(10)7-18)13-8-19(17-16-13)11-4-2-1-3-5-11/h1-5,8,10,12H,6-7,9H2/t10-,12-/m1/s1. The SMILES string of the molecule is O=C1OC[C@H]2CN(C(=O)c3cn(-c4ccccc4)nn3)C[C@@H]12. The number of likely N-dealkylation sites (tertiary alicyclic amines) is 1. The maximum atomic E-state index is 12.5. The van der Waals surface area contributed by atoms with Crippen molar-refractivity contribution in [2.24, 2.45) is 11.8 Å². The molecule has 2 aliphatic rings. The number of amides is 1. The highest BCUT2D eigenvalue weighted by molar-refractivity contribution is 5.93. The maximum Gasteiger partial charge on any atom is 0.311 e. The minimum atomic E-state index is -0.201. The molecule has 0 N–H and O–H groups in total. The van der Waals surface area contributed by atoms with E-state index in [0.717, 1.165) is 5.69 Å². The summed E-state index contributed by atoms with van der Waals surface area (Å²) < 4.78 is 6.57. The van der Waals surface area contributed by atoms with Crippen molar-refractivity contribution in [2.45, 2.75) is 0 Å². The van der Waals surface area contributed by atoms with Gasteiger partial charge in [-0.2, -0.15) is 0 Å². The van der Waals surface area contributed by atoms with E-state index >= 15 is 0 Å². The summed E-state index contributed by atoms with van der Waals surface area (Å²) in [5, 5.41) is 7.95. The van der Waals surface area contributed by atoms with Crippen LogP contribution in [0.15, 0.2) is 36.5 Å². The van der Waals surface area contributed by atoms with Gasteiger partial charge in [0, 0.05) is 19.0 Å². The van der Waals surface area contributed by atoms with Crippen molar-refractivity contribution in [3.05, 3.63) is 42.2 Å². The average Bonchev–Trinajstić information content (AvgIpc) is 3.25. The number of hydrogen-bond donors (Lipinski definition) is 0. The molecule has 1 aromatic heterocycles. The number of rotatable bonds is 2. The number of fused-ring (bicyclic) bond motifs is 1. The molecule has 2 saturated heterocycles. The quantitative estimate of drug-likeness (QED) is 0.755. The van der Waals surface area contributed by atoms with E-state index in [0.29, 0.717) is 19.7 Å². The molecule has 1 aromatic carbocycles. The second-order valence-corrected chi connectivity index (χ2v) is 5.59. The fraction of sp³-hybridized carbons (Fsp3) is 0.333. The highest BCUT2D eigenvalue weighted by Crippen LogP contribution is 2.30. The molecular weight excluding hydrogens is 284 g/mol. The molecule has 0 unspecified atom stereocenters. The van der Waals surface area contributed by atoms with Crippen molar-refractivity contribution < 1.29 is 14.3 Å². The molecule has 2 fully saturated rings. The van der Waals surface area contributed by atoms with Crippen LogP contribution in [0.25, 0.3) is 5.69 Å². The number of carbonyl (C=O) groups excluding carboxylic acids is 2. The molecule has 2 aliphatic heterocycles. The third-order valence-corrected chi connectivity index (χ3v) is 4.20. The summed E-state index contributed by atoms with van der Waals surface area (Å²) in [4.78, 5) is 25.7. The zero-order valence-corrected chi connectivity index (χ0v) is 11.8. The summed E-state index contributed by atoms with van der Waals surface area (Å²) in [6, 6.07) is 9.48. The van der Waals surface area contributed by atoms with Gasteiger partial charge in [-0.15, -0.1) is 5.10 Å². The van der Waals surface area contributed by atoms with Crippen LogP contribution in [-0.2, 0) is 9.53 Å². The van der Waals surface area contributed by atoms with Crippen LogP contribution in [0.1, 0.15) is 10.5 Å². The third-order valence-electron chi connectivity index (χ3n) is 4.20. The van der Waals surface area contributed by atoms with E-state index in [4.69, 9.17) is 4.74 Å². The zero-order chi connectivity index (χ0) is 15.1. The van der Waals surface area contributed by atoms with E-state index in [1.54, 1.807) is 15.8 Å². The van der Waals surface area contributed by atoms with Gasteiger partial charge in [-0.25, -0.2) is 4.68 Å². The van der Waals surface area contributed by atoms with Gasteiger partial charge in [0.1, 0.15) is 0 Å². The molecule has 0 spiro atoms. The Hall–Kier alpha value is -2.70. The van der Waals surface area contributed by atoms with Crippen molar-refractivity contribution in [3.63, 3.8) is 0 Å². The van der Waals surface area contributed by atoms with Gasteiger partial charge < -0.3 is 9.64 Å². The Morgan fingerprint density at radius 1 is 1.23 bits per heavy atom. The third kappa shape index (κ3) is 2.05. The number of para-hydroxylation sites is 1. The second kappa shape index (κ2) is 4.94. The number of hydrogen-bond acceptors (Lipinski definition) is 5. The minimum Gasteiger partial charge on any atom is -0.465 e. The average molecular weight is 298 g/mol. The molecule has 0 saturated carbocycles. The molecule has 0 bridgehead atoms. The van der Waals surface area contributed by atoms with E-state index in [1.807, 2.05) is 30.3 Å². The molecule has 3 heterocycles. The van der Waals surface area contributed by atoms with Crippen LogP contribution >= 0.6 is 0 Å². The minimum absolute atomic E-state index is 0.112. The Labute approximate surface area is 126 Å². The number of carbonyl (C=O) groups is 2. The van der Waals surface area contributed by atoms with Crippen LogP contribution in [0.5, 0.6) is 0 Å². The lowest BCUT2D eigenvalue weighted by atomic mass is 10.0. The van der Waals surface area contributed by atoms with Crippen LogP contribution in [0.2, 0.25) is 0 Å². The van der Waals surface area contributed by atoms with Gasteiger partial charge in [0.15, 0.2) is 5.69 Å². The molecule has 1 amide bonds. The van der Waals surface area contributed by atoms with Gasteiger partial charge in [-0.3, -0.25) is 9.59 Å². The Morgan fingerprint density at radius 2 is 2.05 bits per heavy atom. The van der Waals surface area contributed by atoms with E-state index < -0.39 is 0 Å². The second-order valence-electron chi connectivity index (χ2n) is 5.59. The zero-order valence-electron chi connectivity index (χ0n) is 11.8. The van der Waals surface area contributed by atoms with Crippen molar-refractivity contribution in [2.75, 3.05) is 19.7 Å². The summed E-state index contributed by atoms with van der Waals surface area (Å²) in [6.45, 7) is 1.35. The number of nitrogens with zero attached hydrogens (tertiary/aromatic N) is 4. The van der Waals surface area contributed by atoms with E-state index in [9.17, 15) is 9.59 Å². The largest absolute Gasteiger partial charge is 0.465 e. The smallest absolute Gasteiger partial charge is 0.311 e. The molecule has 22 heavy (non-hydrogen) atoms. The fourth-order valence-electron chi connectivity index (χ4n) is 3.00. The van der Waals surface area contributed by atoms with Crippen LogP contribution in [0, 0.1) is 11.8 Å². The molecule has 7 nitrogen and oxygen atoms in total. The van der Waals surface area contributed by atoms with E-state index in [1.165, 1.54) is 0 Å². The first-order chi connectivity index (χ1) is 10.7. The highest BCUT2D eigenvalue weighted by atomic mass is 16.5. The van der Waals surface area contributed by atoms with Crippen LogP contribution in [0.4, 0.5) is 0 Å². The van der Waals surface area contributed by atoms with Crippen LogP contribution in [0.3, 0.4) is 0 Å². The van der Waals surface area contributed by atoms with Crippen LogP contribution in [-0.4, -0.2) is 51.5 Å². The molecule has 2 atom stereocenters. The predicted octanol–water partition coefficient (Wildman–Crippen LogP) is 0.512. The lowest BCUT2D eigenvalue weighted by Crippen LogP contribution is -2.31. The Morgan fingerprint density at radius 3 is 2.82 bits per heavy atom. The molecular formula is C15H14N4O3. The summed E-state index contributed by atoms with van der Waals surface area (Å²) in [7, 11) is 0. The summed E-state index contributed by atoms with van der Waals surface area (Å²) in [5.74, 6) is -0.466. The normalized spacial score (nSPS) is 23.5. The van der Waals surface area contributed by atoms with Gasteiger partial charge in [-0.1, -0.05) is 23.4 Å². The Bertz CT molecular complexity index is 727. The Kier molecular flexibility index (Phi) is 2.92. The van der Waals surface area contributed by atoms with Crippen molar-refractivity contribution in [1.82, 2.24) is 19.9 Å². The predicted molar refractivity (Wildman–Crippen MR) is 75.2 cm³/mol. The topological polar surface area (TPSA) is 77.3 Å². The number of benzene rings is 1. The Balaban J connectivity index is 1.52.